The van der Waals surface area contributed by atoms with Gasteiger partial charge in [0.15, 0.2) is 6.61 Å². The fourth-order valence-corrected chi connectivity index (χ4v) is 4.21. The van der Waals surface area contributed by atoms with Gasteiger partial charge < -0.3 is 19.5 Å². The van der Waals surface area contributed by atoms with Crippen LogP contribution in [0.5, 0.6) is 0 Å². The first-order valence-corrected chi connectivity index (χ1v) is 9.62. The molecule has 0 saturated carbocycles. The molecule has 26 heavy (non-hydrogen) atoms. The van der Waals surface area contributed by atoms with Crippen LogP contribution in [-0.2, 0) is 36.6 Å². The van der Waals surface area contributed by atoms with Gasteiger partial charge in [0.05, 0.1) is 12.2 Å². The van der Waals surface area contributed by atoms with Gasteiger partial charge in [-0.05, 0) is 44.6 Å². The standard InChI is InChI=1S/C18H25NO6S/c1-4-23-10-15(21)25-9-14(20)19-17-16(18(22)24-5-2)12-7-6-11(3)8-13(12)26-17/h11H,4-10H2,1-3H3,(H,19,20). The Kier molecular flexibility index (Phi) is 7.59. The predicted molar refractivity (Wildman–Crippen MR) is 97.5 cm³/mol. The van der Waals surface area contributed by atoms with E-state index < -0.39 is 24.5 Å². The normalized spacial score (nSPS) is 15.9. The summed E-state index contributed by atoms with van der Waals surface area (Å²) in [5, 5.41) is 3.16. The molecule has 0 fully saturated rings. The number of carbonyl (C=O) groups excluding carboxylic acids is 3. The molecule has 2 rings (SSSR count). The number of rotatable bonds is 8. The Bertz CT molecular complexity index is 669. The lowest BCUT2D eigenvalue weighted by molar-refractivity contribution is -0.151. The van der Waals surface area contributed by atoms with Gasteiger partial charge in [0.25, 0.3) is 5.91 Å². The summed E-state index contributed by atoms with van der Waals surface area (Å²) in [6, 6.07) is 0. The van der Waals surface area contributed by atoms with E-state index in [0.717, 1.165) is 29.7 Å². The average molecular weight is 383 g/mol. The Hall–Kier alpha value is -1.93. The van der Waals surface area contributed by atoms with E-state index in [1.54, 1.807) is 13.8 Å². The van der Waals surface area contributed by atoms with Crippen molar-refractivity contribution in [2.75, 3.05) is 31.7 Å². The molecule has 1 aliphatic carbocycles. The molecule has 7 nitrogen and oxygen atoms in total. The Morgan fingerprint density at radius 2 is 1.92 bits per heavy atom. The van der Waals surface area contributed by atoms with Gasteiger partial charge in [-0.25, -0.2) is 9.59 Å². The van der Waals surface area contributed by atoms with E-state index in [9.17, 15) is 14.4 Å². The zero-order chi connectivity index (χ0) is 19.1. The number of hydrogen-bond donors (Lipinski definition) is 1. The van der Waals surface area contributed by atoms with E-state index in [1.165, 1.54) is 11.3 Å². The minimum absolute atomic E-state index is 0.191. The maximum Gasteiger partial charge on any atom is 0.341 e. The van der Waals surface area contributed by atoms with Gasteiger partial charge in [0, 0.05) is 11.5 Å². The lowest BCUT2D eigenvalue weighted by atomic mass is 9.88. The van der Waals surface area contributed by atoms with Gasteiger partial charge in [0.1, 0.15) is 11.6 Å². The Balaban J connectivity index is 2.09. The Labute approximate surface area is 157 Å². The molecule has 0 aromatic carbocycles. The summed E-state index contributed by atoms with van der Waals surface area (Å²) in [4.78, 5) is 37.0. The summed E-state index contributed by atoms with van der Waals surface area (Å²) in [5.74, 6) is -0.985. The molecule has 0 radical (unpaired) electrons. The van der Waals surface area contributed by atoms with Gasteiger partial charge in [0.2, 0.25) is 0 Å². The van der Waals surface area contributed by atoms with Crippen LogP contribution in [0.4, 0.5) is 5.00 Å². The summed E-state index contributed by atoms with van der Waals surface area (Å²) < 4.78 is 14.9. The van der Waals surface area contributed by atoms with Crippen molar-refractivity contribution in [1.82, 2.24) is 0 Å². The number of hydrogen-bond acceptors (Lipinski definition) is 7. The molecule has 8 heteroatoms. The Morgan fingerprint density at radius 3 is 2.62 bits per heavy atom. The van der Waals surface area contributed by atoms with Crippen molar-refractivity contribution in [3.8, 4) is 0 Å². The SMILES string of the molecule is CCOCC(=O)OCC(=O)Nc1sc2c(c1C(=O)OCC)CCC(C)C2. The second-order valence-corrected chi connectivity index (χ2v) is 7.23. The molecule has 0 aliphatic heterocycles. The third kappa shape index (κ3) is 5.28. The lowest BCUT2D eigenvalue weighted by Gasteiger charge is -2.18. The highest BCUT2D eigenvalue weighted by atomic mass is 32.1. The predicted octanol–water partition coefficient (Wildman–Crippen LogP) is 2.57. The number of anilines is 1. The van der Waals surface area contributed by atoms with Crippen molar-refractivity contribution in [2.45, 2.75) is 40.0 Å². The minimum Gasteiger partial charge on any atom is -0.462 e. The molecular weight excluding hydrogens is 358 g/mol. The molecule has 1 N–H and O–H groups in total. The molecule has 0 bridgehead atoms. The molecular formula is C18H25NO6S. The highest BCUT2D eigenvalue weighted by molar-refractivity contribution is 7.17. The van der Waals surface area contributed by atoms with Crippen LogP contribution in [0.1, 0.15) is 48.0 Å². The molecule has 1 amide bonds. The first-order valence-electron chi connectivity index (χ1n) is 8.81. The number of fused-ring (bicyclic) bond motifs is 1. The fraction of sp³-hybridized carbons (Fsp3) is 0.611. The highest BCUT2D eigenvalue weighted by Gasteiger charge is 2.29. The van der Waals surface area contributed by atoms with Gasteiger partial charge in [-0.3, -0.25) is 4.79 Å². The molecule has 1 atom stereocenters. The van der Waals surface area contributed by atoms with Crippen molar-refractivity contribution < 1.29 is 28.6 Å². The number of amides is 1. The molecule has 144 valence electrons. The number of carbonyl (C=O) groups is 3. The molecule has 1 unspecified atom stereocenters. The Morgan fingerprint density at radius 1 is 1.15 bits per heavy atom. The third-order valence-corrected chi connectivity index (χ3v) is 5.20. The van der Waals surface area contributed by atoms with E-state index in [0.29, 0.717) is 23.1 Å². The van der Waals surface area contributed by atoms with Crippen molar-refractivity contribution >= 4 is 34.2 Å². The maximum atomic E-state index is 12.4. The van der Waals surface area contributed by atoms with E-state index in [4.69, 9.17) is 14.2 Å². The minimum atomic E-state index is -0.605. The largest absolute Gasteiger partial charge is 0.462 e. The first-order chi connectivity index (χ1) is 12.5. The van der Waals surface area contributed by atoms with Crippen LogP contribution >= 0.6 is 11.3 Å². The topological polar surface area (TPSA) is 90.9 Å². The van der Waals surface area contributed by atoms with E-state index in [-0.39, 0.29) is 13.2 Å². The molecule has 1 aliphatic rings. The van der Waals surface area contributed by atoms with Crippen LogP contribution in [0.2, 0.25) is 0 Å². The van der Waals surface area contributed by atoms with Crippen LogP contribution in [0.3, 0.4) is 0 Å². The third-order valence-electron chi connectivity index (χ3n) is 4.03. The van der Waals surface area contributed by atoms with E-state index in [2.05, 4.69) is 12.2 Å². The fourth-order valence-electron chi connectivity index (χ4n) is 2.79. The molecule has 0 saturated heterocycles. The quantitative estimate of drug-likeness (QED) is 0.694. The molecule has 1 aromatic rings. The number of esters is 2. The summed E-state index contributed by atoms with van der Waals surface area (Å²) in [7, 11) is 0. The maximum absolute atomic E-state index is 12.4. The first kappa shape index (κ1) is 20.4. The van der Waals surface area contributed by atoms with Crippen LogP contribution in [0.25, 0.3) is 0 Å². The van der Waals surface area contributed by atoms with Gasteiger partial charge in [-0.1, -0.05) is 6.92 Å². The summed E-state index contributed by atoms with van der Waals surface area (Å²) in [5.41, 5.74) is 1.41. The van der Waals surface area contributed by atoms with E-state index in [1.807, 2.05) is 0 Å². The number of thiophene rings is 1. The molecule has 1 heterocycles. The number of nitrogens with one attached hydrogen (secondary N) is 1. The van der Waals surface area contributed by atoms with Gasteiger partial charge in [-0.15, -0.1) is 11.3 Å². The van der Waals surface area contributed by atoms with Crippen LogP contribution in [0, 0.1) is 5.92 Å². The van der Waals surface area contributed by atoms with Crippen molar-refractivity contribution in [2.24, 2.45) is 5.92 Å². The lowest BCUT2D eigenvalue weighted by Crippen LogP contribution is -2.23. The van der Waals surface area contributed by atoms with Crippen molar-refractivity contribution in [1.29, 1.82) is 0 Å². The summed E-state index contributed by atoms with van der Waals surface area (Å²) in [6.07, 6.45) is 2.67. The average Bonchev–Trinajstić information content (AvgIpc) is 2.95. The monoisotopic (exact) mass is 383 g/mol. The highest BCUT2D eigenvalue weighted by Crippen LogP contribution is 2.40. The van der Waals surface area contributed by atoms with Gasteiger partial charge >= 0.3 is 11.9 Å². The van der Waals surface area contributed by atoms with Gasteiger partial charge in [-0.2, -0.15) is 0 Å². The van der Waals surface area contributed by atoms with Crippen molar-refractivity contribution in [3.63, 3.8) is 0 Å². The summed E-state index contributed by atoms with van der Waals surface area (Å²) >= 11 is 1.40. The van der Waals surface area contributed by atoms with Crippen LogP contribution in [0.15, 0.2) is 0 Å². The molecule has 0 spiro atoms. The second kappa shape index (κ2) is 9.68. The van der Waals surface area contributed by atoms with E-state index >= 15 is 0 Å². The molecule has 1 aromatic heterocycles. The van der Waals surface area contributed by atoms with Crippen LogP contribution < -0.4 is 5.32 Å². The number of ether oxygens (including phenoxy) is 3. The van der Waals surface area contributed by atoms with Crippen molar-refractivity contribution in [3.05, 3.63) is 16.0 Å². The smallest absolute Gasteiger partial charge is 0.341 e. The zero-order valence-electron chi connectivity index (χ0n) is 15.4. The zero-order valence-corrected chi connectivity index (χ0v) is 16.2. The second-order valence-electron chi connectivity index (χ2n) is 6.12. The summed E-state index contributed by atoms with van der Waals surface area (Å²) in [6.45, 7) is 5.72. The van der Waals surface area contributed by atoms with Crippen LogP contribution in [-0.4, -0.2) is 44.3 Å².